The number of rotatable bonds is 3. The fourth-order valence-corrected chi connectivity index (χ4v) is 0.949. The summed E-state index contributed by atoms with van der Waals surface area (Å²) in [5, 5.41) is 9.87. The Hall–Kier alpha value is -2.05. The fraction of sp³-hybridized carbons (Fsp3) is 0.286. The zero-order valence-corrected chi connectivity index (χ0v) is 7.39. The highest BCUT2D eigenvalue weighted by Gasteiger charge is 2.11. The van der Waals surface area contributed by atoms with E-state index in [4.69, 9.17) is 4.52 Å². The molecule has 0 aliphatic carbocycles. The van der Waals surface area contributed by atoms with Crippen LogP contribution in [0, 0.1) is 0 Å². The summed E-state index contributed by atoms with van der Waals surface area (Å²) in [7, 11) is 0. The number of ketones is 1. The highest BCUT2D eigenvalue weighted by molar-refractivity contribution is 5.77. The molecule has 0 unspecified atom stereocenters. The Balaban J connectivity index is 2.22. The van der Waals surface area contributed by atoms with Crippen LogP contribution in [0.25, 0.3) is 11.6 Å². The molecule has 0 aliphatic heterocycles. The molecule has 1 N–H and O–H groups in total. The van der Waals surface area contributed by atoms with Crippen molar-refractivity contribution in [2.45, 2.75) is 13.3 Å². The largest absolute Gasteiger partial charge is 0.338 e. The molecule has 0 aromatic carbocycles. The molecular formula is C7H7N5O2. The smallest absolute Gasteiger partial charge is 0.239 e. The standard InChI is InChI=1S/C7H7N5O2/c1-4(13)2-5-10-7(12-14-5)6-8-3-9-11-6/h3H,2H2,1H3,(H,8,9,11). The third-order valence-corrected chi connectivity index (χ3v) is 1.50. The van der Waals surface area contributed by atoms with Crippen LogP contribution in [0.1, 0.15) is 12.8 Å². The number of carbonyl (C=O) groups is 1. The Morgan fingerprint density at radius 1 is 1.64 bits per heavy atom. The first-order valence-electron chi connectivity index (χ1n) is 3.93. The van der Waals surface area contributed by atoms with Crippen LogP contribution in [-0.2, 0) is 11.2 Å². The zero-order chi connectivity index (χ0) is 9.97. The minimum absolute atomic E-state index is 0.0298. The van der Waals surface area contributed by atoms with E-state index in [2.05, 4.69) is 25.3 Å². The van der Waals surface area contributed by atoms with Crippen LogP contribution in [0.15, 0.2) is 10.9 Å². The maximum atomic E-state index is 10.7. The lowest BCUT2D eigenvalue weighted by atomic mass is 10.3. The van der Waals surface area contributed by atoms with Crippen molar-refractivity contribution in [3.63, 3.8) is 0 Å². The highest BCUT2D eigenvalue weighted by atomic mass is 16.5. The van der Waals surface area contributed by atoms with Gasteiger partial charge in [-0.1, -0.05) is 5.16 Å². The number of Topliss-reactive ketones (excluding diaryl/α,β-unsaturated/α-hetero) is 1. The predicted molar refractivity (Wildman–Crippen MR) is 44.1 cm³/mol. The monoisotopic (exact) mass is 193 g/mol. The van der Waals surface area contributed by atoms with Crippen molar-refractivity contribution >= 4 is 5.78 Å². The first-order valence-corrected chi connectivity index (χ1v) is 3.93. The minimum atomic E-state index is -0.0298. The molecule has 7 nitrogen and oxygen atoms in total. The third kappa shape index (κ3) is 1.65. The van der Waals surface area contributed by atoms with Gasteiger partial charge in [0, 0.05) is 0 Å². The highest BCUT2D eigenvalue weighted by Crippen LogP contribution is 2.08. The van der Waals surface area contributed by atoms with Gasteiger partial charge in [-0.3, -0.25) is 9.89 Å². The summed E-state index contributed by atoms with van der Waals surface area (Å²) in [5.74, 6) is 0.976. The maximum Gasteiger partial charge on any atom is 0.239 e. The Morgan fingerprint density at radius 2 is 2.50 bits per heavy atom. The van der Waals surface area contributed by atoms with Crippen molar-refractivity contribution in [2.75, 3.05) is 0 Å². The van der Waals surface area contributed by atoms with Crippen LogP contribution in [-0.4, -0.2) is 31.1 Å². The lowest BCUT2D eigenvalue weighted by Gasteiger charge is -1.83. The molecule has 0 saturated heterocycles. The van der Waals surface area contributed by atoms with E-state index in [0.29, 0.717) is 11.6 Å². The van der Waals surface area contributed by atoms with Gasteiger partial charge in [0.05, 0.1) is 6.42 Å². The van der Waals surface area contributed by atoms with Gasteiger partial charge in [-0.25, -0.2) is 4.98 Å². The summed E-state index contributed by atoms with van der Waals surface area (Å²) in [6, 6.07) is 0. The van der Waals surface area contributed by atoms with Crippen molar-refractivity contribution in [1.82, 2.24) is 25.3 Å². The van der Waals surface area contributed by atoms with Gasteiger partial charge in [0.1, 0.15) is 12.1 Å². The molecule has 14 heavy (non-hydrogen) atoms. The Labute approximate surface area is 78.5 Å². The van der Waals surface area contributed by atoms with Crippen molar-refractivity contribution in [1.29, 1.82) is 0 Å². The average molecular weight is 193 g/mol. The van der Waals surface area contributed by atoms with E-state index in [0.717, 1.165) is 0 Å². The minimum Gasteiger partial charge on any atom is -0.338 e. The molecule has 7 heteroatoms. The number of aromatic amines is 1. The molecule has 0 fully saturated rings. The van der Waals surface area contributed by atoms with Crippen molar-refractivity contribution in [3.05, 3.63) is 12.2 Å². The normalized spacial score (nSPS) is 10.4. The van der Waals surface area contributed by atoms with Crippen LogP contribution in [0.2, 0.25) is 0 Å². The van der Waals surface area contributed by atoms with Gasteiger partial charge in [-0.05, 0) is 6.92 Å². The maximum absolute atomic E-state index is 10.7. The summed E-state index contributed by atoms with van der Waals surface area (Å²) in [6.45, 7) is 1.46. The van der Waals surface area contributed by atoms with Gasteiger partial charge < -0.3 is 4.52 Å². The summed E-state index contributed by atoms with van der Waals surface area (Å²) >= 11 is 0. The number of hydrogen-bond donors (Lipinski definition) is 1. The van der Waals surface area contributed by atoms with Crippen LogP contribution in [0.4, 0.5) is 0 Å². The van der Waals surface area contributed by atoms with Gasteiger partial charge in [0.25, 0.3) is 0 Å². The molecule has 0 saturated carbocycles. The molecule has 2 aromatic rings. The van der Waals surface area contributed by atoms with E-state index in [-0.39, 0.29) is 18.1 Å². The molecule has 2 rings (SSSR count). The number of nitrogens with one attached hydrogen (secondary N) is 1. The molecule has 2 heterocycles. The van der Waals surface area contributed by atoms with Gasteiger partial charge in [-0.15, -0.1) is 0 Å². The molecule has 72 valence electrons. The second-order valence-electron chi connectivity index (χ2n) is 2.72. The topological polar surface area (TPSA) is 97.6 Å². The first kappa shape index (κ1) is 8.54. The van der Waals surface area contributed by atoms with Crippen LogP contribution >= 0.6 is 0 Å². The first-order chi connectivity index (χ1) is 6.75. The summed E-state index contributed by atoms with van der Waals surface area (Å²) in [4.78, 5) is 18.5. The Bertz CT molecular complexity index is 433. The number of aromatic nitrogens is 5. The summed E-state index contributed by atoms with van der Waals surface area (Å²) in [5.41, 5.74) is 0. The van der Waals surface area contributed by atoms with Gasteiger partial charge >= 0.3 is 0 Å². The molecule has 2 aromatic heterocycles. The molecular weight excluding hydrogens is 186 g/mol. The van der Waals surface area contributed by atoms with Gasteiger partial charge in [-0.2, -0.15) is 10.1 Å². The SMILES string of the molecule is CC(=O)Cc1nc(-c2ncn[nH]2)no1. The van der Waals surface area contributed by atoms with E-state index in [1.54, 1.807) is 0 Å². The van der Waals surface area contributed by atoms with Crippen molar-refractivity contribution in [2.24, 2.45) is 0 Å². The number of nitrogens with zero attached hydrogens (tertiary/aromatic N) is 4. The average Bonchev–Trinajstić information content (AvgIpc) is 2.69. The Morgan fingerprint density at radius 3 is 3.14 bits per heavy atom. The zero-order valence-electron chi connectivity index (χ0n) is 7.39. The third-order valence-electron chi connectivity index (χ3n) is 1.50. The predicted octanol–water partition coefficient (Wildman–Crippen LogP) is -0.0138. The molecule has 0 amide bonds. The van der Waals surface area contributed by atoms with E-state index < -0.39 is 0 Å². The van der Waals surface area contributed by atoms with Crippen molar-refractivity contribution in [3.8, 4) is 11.6 Å². The molecule has 0 spiro atoms. The molecule has 0 aliphatic rings. The van der Waals surface area contributed by atoms with E-state index in [1.807, 2.05) is 0 Å². The molecule has 0 atom stereocenters. The number of H-pyrrole nitrogens is 1. The second-order valence-corrected chi connectivity index (χ2v) is 2.72. The summed E-state index contributed by atoms with van der Waals surface area (Å²) in [6.07, 6.45) is 1.48. The fourth-order valence-electron chi connectivity index (χ4n) is 0.949. The van der Waals surface area contributed by atoms with E-state index in [1.165, 1.54) is 13.3 Å². The van der Waals surface area contributed by atoms with Gasteiger partial charge in [0.2, 0.25) is 11.7 Å². The number of hydrogen-bond acceptors (Lipinski definition) is 6. The quantitative estimate of drug-likeness (QED) is 0.735. The van der Waals surface area contributed by atoms with E-state index in [9.17, 15) is 4.79 Å². The van der Waals surface area contributed by atoms with Crippen molar-refractivity contribution < 1.29 is 9.32 Å². The van der Waals surface area contributed by atoms with Gasteiger partial charge in [0.15, 0.2) is 5.82 Å². The van der Waals surface area contributed by atoms with Crippen LogP contribution in [0.3, 0.4) is 0 Å². The summed E-state index contributed by atoms with van der Waals surface area (Å²) < 4.78 is 4.83. The molecule has 0 bridgehead atoms. The van der Waals surface area contributed by atoms with Crippen LogP contribution < -0.4 is 0 Å². The Kier molecular flexibility index (Phi) is 2.05. The lowest BCUT2D eigenvalue weighted by molar-refractivity contribution is -0.116. The molecule has 0 radical (unpaired) electrons. The number of carbonyl (C=O) groups excluding carboxylic acids is 1. The van der Waals surface area contributed by atoms with E-state index >= 15 is 0 Å². The van der Waals surface area contributed by atoms with Crippen LogP contribution in [0.5, 0.6) is 0 Å². The lowest BCUT2D eigenvalue weighted by Crippen LogP contribution is -1.96. The second kappa shape index (κ2) is 3.36.